The van der Waals surface area contributed by atoms with Gasteiger partial charge in [0.25, 0.3) is 5.56 Å². The summed E-state index contributed by atoms with van der Waals surface area (Å²) < 4.78 is 56.1. The molecule has 5 rings (SSSR count). The molecular formula is C31H30ClF3N4O7. The number of benzene rings is 2. The number of piperazine rings is 1. The number of carbonyl (C=O) groups is 2. The van der Waals surface area contributed by atoms with Crippen molar-refractivity contribution in [3.05, 3.63) is 97.7 Å². The standard InChI is InChI=1S/C31H30ClF3N4O7/c32-22-7-8-24(25(17-22)45-20-31(33,34)35)37-15-13-36(14-16-37)11-4-12-38-28(42)23-19-44-26(40)9-10-27(41)46-29(23)39(30(38)43)18-21-5-2-1-3-6-21/h1-3,5-10,17H,4,11-16,18-20H2/b10-9+. The van der Waals surface area contributed by atoms with Crippen LogP contribution in [0.3, 0.4) is 0 Å². The molecule has 11 nitrogen and oxygen atoms in total. The largest absolute Gasteiger partial charge is 0.482 e. The van der Waals surface area contributed by atoms with Crippen molar-refractivity contribution in [3.63, 3.8) is 0 Å². The summed E-state index contributed by atoms with van der Waals surface area (Å²) in [4.78, 5) is 55.6. The number of hydrogen-bond donors (Lipinski definition) is 0. The van der Waals surface area contributed by atoms with Crippen molar-refractivity contribution in [3.8, 4) is 11.6 Å². The number of halogens is 4. The van der Waals surface area contributed by atoms with Gasteiger partial charge in [-0.05, 0) is 30.7 Å². The summed E-state index contributed by atoms with van der Waals surface area (Å²) in [7, 11) is 0. The van der Waals surface area contributed by atoms with Crippen molar-refractivity contribution < 1.29 is 37.0 Å². The minimum absolute atomic E-state index is 0.00540. The van der Waals surface area contributed by atoms with Crippen LogP contribution in [0.4, 0.5) is 18.9 Å². The molecule has 0 spiro atoms. The van der Waals surface area contributed by atoms with Gasteiger partial charge in [0.1, 0.15) is 17.9 Å². The van der Waals surface area contributed by atoms with Crippen LogP contribution in [0.1, 0.15) is 17.5 Å². The first-order chi connectivity index (χ1) is 22.0. The predicted octanol–water partition coefficient (Wildman–Crippen LogP) is 3.38. The third-order valence-corrected chi connectivity index (χ3v) is 7.68. The number of nitrogens with zero attached hydrogens (tertiary/aromatic N) is 4. The van der Waals surface area contributed by atoms with E-state index in [0.29, 0.717) is 50.4 Å². The number of cyclic esters (lactones) is 1. The van der Waals surface area contributed by atoms with Crippen molar-refractivity contribution in [2.45, 2.75) is 32.3 Å². The van der Waals surface area contributed by atoms with Gasteiger partial charge in [0.2, 0.25) is 5.88 Å². The normalized spacial score (nSPS) is 16.5. The number of carbonyl (C=O) groups excluding carboxylic acids is 2. The van der Waals surface area contributed by atoms with Gasteiger partial charge in [0.15, 0.2) is 6.61 Å². The molecule has 0 amide bonds. The topological polar surface area (TPSA) is 112 Å². The Hall–Kier alpha value is -4.56. The van der Waals surface area contributed by atoms with Gasteiger partial charge in [0.05, 0.1) is 12.2 Å². The molecule has 0 N–H and O–H groups in total. The Balaban J connectivity index is 1.30. The fourth-order valence-corrected chi connectivity index (χ4v) is 5.39. The van der Waals surface area contributed by atoms with Crippen LogP contribution in [0.5, 0.6) is 11.6 Å². The number of alkyl halides is 3. The van der Waals surface area contributed by atoms with Gasteiger partial charge in [-0.1, -0.05) is 41.9 Å². The summed E-state index contributed by atoms with van der Waals surface area (Å²) in [6.07, 6.45) is -2.34. The lowest BCUT2D eigenvalue weighted by molar-refractivity contribution is -0.153. The Morgan fingerprint density at radius 2 is 1.59 bits per heavy atom. The van der Waals surface area contributed by atoms with E-state index in [2.05, 4.69) is 4.90 Å². The molecule has 0 bridgehead atoms. The second-order valence-corrected chi connectivity index (χ2v) is 11.1. The van der Waals surface area contributed by atoms with Gasteiger partial charge in [-0.2, -0.15) is 13.2 Å². The average Bonchev–Trinajstić information content (AvgIpc) is 3.09. The lowest BCUT2D eigenvalue weighted by Crippen LogP contribution is -2.47. The Kier molecular flexibility index (Phi) is 10.2. The van der Waals surface area contributed by atoms with Gasteiger partial charge in [-0.25, -0.2) is 14.4 Å². The van der Waals surface area contributed by atoms with E-state index in [9.17, 15) is 32.3 Å². The molecule has 1 fully saturated rings. The number of esters is 2. The van der Waals surface area contributed by atoms with Gasteiger partial charge in [-0.3, -0.25) is 18.8 Å². The highest BCUT2D eigenvalue weighted by Crippen LogP contribution is 2.33. The summed E-state index contributed by atoms with van der Waals surface area (Å²) in [5, 5.41) is 0.259. The van der Waals surface area contributed by atoms with Crippen molar-refractivity contribution in [1.29, 1.82) is 0 Å². The number of hydrogen-bond acceptors (Lipinski definition) is 9. The average molecular weight is 663 g/mol. The summed E-state index contributed by atoms with van der Waals surface area (Å²) in [5.74, 6) is -2.01. The zero-order valence-electron chi connectivity index (χ0n) is 24.5. The zero-order chi connectivity index (χ0) is 32.8. The van der Waals surface area contributed by atoms with Crippen LogP contribution in [0.25, 0.3) is 0 Å². The minimum atomic E-state index is -4.49. The number of ether oxygens (including phenoxy) is 3. The van der Waals surface area contributed by atoms with Crippen molar-refractivity contribution >= 4 is 29.2 Å². The van der Waals surface area contributed by atoms with Crippen LogP contribution in [-0.2, 0) is 34.0 Å². The SMILES string of the molecule is O=C1/C=C/C(=O)Oc2c(c(=O)n(CCCN3CCN(c4ccc(Cl)cc4OCC(F)(F)F)CC3)c(=O)n2Cc2ccccc2)CO1. The highest BCUT2D eigenvalue weighted by Gasteiger charge is 2.30. The minimum Gasteiger partial charge on any atom is -0.482 e. The zero-order valence-corrected chi connectivity index (χ0v) is 25.3. The summed E-state index contributed by atoms with van der Waals surface area (Å²) in [5.41, 5.74) is -0.335. The molecule has 2 aromatic carbocycles. The molecule has 1 saturated heterocycles. The van der Waals surface area contributed by atoms with Crippen LogP contribution < -0.4 is 25.6 Å². The number of aromatic nitrogens is 2. The Labute approximate surface area is 265 Å². The smallest absolute Gasteiger partial charge is 0.422 e. The first-order valence-electron chi connectivity index (χ1n) is 14.4. The van der Waals surface area contributed by atoms with Gasteiger partial charge >= 0.3 is 23.8 Å². The molecule has 2 aliphatic rings. The third-order valence-electron chi connectivity index (χ3n) is 7.45. The Bertz CT molecular complexity index is 1730. The quantitative estimate of drug-likeness (QED) is 0.319. The van der Waals surface area contributed by atoms with Crippen LogP contribution >= 0.6 is 11.6 Å². The summed E-state index contributed by atoms with van der Waals surface area (Å²) >= 11 is 6.00. The Morgan fingerprint density at radius 3 is 2.30 bits per heavy atom. The first kappa shape index (κ1) is 32.8. The van der Waals surface area contributed by atoms with Crippen LogP contribution in [0.2, 0.25) is 5.02 Å². The molecule has 0 unspecified atom stereocenters. The van der Waals surface area contributed by atoms with E-state index in [0.717, 1.165) is 16.7 Å². The molecule has 3 heterocycles. The molecule has 0 aliphatic carbocycles. The summed E-state index contributed by atoms with van der Waals surface area (Å²) in [6, 6.07) is 13.5. The molecule has 0 radical (unpaired) electrons. The van der Waals surface area contributed by atoms with Crippen molar-refractivity contribution in [2.24, 2.45) is 0 Å². The maximum absolute atomic E-state index is 13.7. The maximum atomic E-state index is 13.7. The van der Waals surface area contributed by atoms with Gasteiger partial charge in [0, 0.05) is 56.0 Å². The predicted molar refractivity (Wildman–Crippen MR) is 161 cm³/mol. The van der Waals surface area contributed by atoms with E-state index < -0.39 is 42.6 Å². The second kappa shape index (κ2) is 14.3. The van der Waals surface area contributed by atoms with E-state index in [1.807, 2.05) is 11.0 Å². The van der Waals surface area contributed by atoms with Crippen molar-refractivity contribution in [1.82, 2.24) is 14.0 Å². The molecular weight excluding hydrogens is 633 g/mol. The highest BCUT2D eigenvalue weighted by molar-refractivity contribution is 6.30. The molecule has 0 atom stereocenters. The van der Waals surface area contributed by atoms with E-state index in [1.54, 1.807) is 36.4 Å². The highest BCUT2D eigenvalue weighted by atomic mass is 35.5. The lowest BCUT2D eigenvalue weighted by Gasteiger charge is -2.36. The van der Waals surface area contributed by atoms with Gasteiger partial charge in [-0.15, -0.1) is 0 Å². The fraction of sp³-hybridized carbons (Fsp3) is 0.355. The maximum Gasteiger partial charge on any atom is 0.422 e. The van der Waals surface area contributed by atoms with Gasteiger partial charge < -0.3 is 19.1 Å². The van der Waals surface area contributed by atoms with E-state index in [4.69, 9.17) is 25.8 Å². The molecule has 46 heavy (non-hydrogen) atoms. The first-order valence-corrected chi connectivity index (χ1v) is 14.8. The van der Waals surface area contributed by atoms with Crippen LogP contribution in [0.15, 0.2) is 70.3 Å². The van der Waals surface area contributed by atoms with Crippen molar-refractivity contribution in [2.75, 3.05) is 44.2 Å². The fourth-order valence-electron chi connectivity index (χ4n) is 5.23. The molecule has 0 saturated carbocycles. The molecule has 15 heteroatoms. The van der Waals surface area contributed by atoms with Crippen LogP contribution in [-0.4, -0.2) is 71.5 Å². The Morgan fingerprint density at radius 1 is 0.870 bits per heavy atom. The third kappa shape index (κ3) is 8.17. The van der Waals surface area contributed by atoms with Crippen LogP contribution in [0, 0.1) is 0 Å². The number of anilines is 1. The van der Waals surface area contributed by atoms with E-state index in [1.165, 1.54) is 10.6 Å². The monoisotopic (exact) mass is 662 g/mol. The molecule has 1 aromatic heterocycles. The van der Waals surface area contributed by atoms with E-state index >= 15 is 0 Å². The molecule has 2 aliphatic heterocycles. The number of rotatable bonds is 9. The van der Waals surface area contributed by atoms with E-state index in [-0.39, 0.29) is 35.3 Å². The second-order valence-electron chi connectivity index (χ2n) is 10.7. The summed E-state index contributed by atoms with van der Waals surface area (Å²) in [6.45, 7) is 0.741. The lowest BCUT2D eigenvalue weighted by atomic mass is 10.2. The molecule has 244 valence electrons. The number of fused-ring (bicyclic) bond motifs is 1. The molecule has 3 aromatic rings.